The number of aryl methyl sites for hydroxylation is 1. The molecule has 0 bridgehead atoms. The number of rotatable bonds is 2. The molecule has 0 spiro atoms. The second-order valence-electron chi connectivity index (χ2n) is 2.50. The van der Waals surface area contributed by atoms with Gasteiger partial charge in [-0.15, -0.1) is 0 Å². The van der Waals surface area contributed by atoms with Crippen LogP contribution in [-0.2, 0) is 11.1 Å². The number of carbonyl (C=O) groups is 1. The van der Waals surface area contributed by atoms with Crippen LogP contribution in [0, 0.1) is 6.92 Å². The normalized spacial score (nSPS) is 10.8. The van der Waals surface area contributed by atoms with Crippen LogP contribution in [0.15, 0.2) is 23.1 Å². The van der Waals surface area contributed by atoms with Crippen LogP contribution in [0.2, 0.25) is 0 Å². The second kappa shape index (κ2) is 7.97. The van der Waals surface area contributed by atoms with Crippen LogP contribution in [0.1, 0.15) is 15.9 Å². The smallest absolute Gasteiger partial charge is 0.768 e. The van der Waals surface area contributed by atoms with Gasteiger partial charge in [0.15, 0.2) is 0 Å². The maximum Gasteiger partial charge on any atom is 1.00 e. The van der Waals surface area contributed by atoms with Crippen molar-refractivity contribution in [3.63, 3.8) is 0 Å². The monoisotopic (exact) mass is 244 g/mol. The Hall–Kier alpha value is 0.800. The minimum atomic E-state index is -2.41. The van der Waals surface area contributed by atoms with Gasteiger partial charge in [-0.1, -0.05) is 6.07 Å². The zero-order chi connectivity index (χ0) is 10.0. The summed E-state index contributed by atoms with van der Waals surface area (Å²) in [7, 11) is 0. The van der Waals surface area contributed by atoms with E-state index in [-0.39, 0.29) is 69.6 Å². The van der Waals surface area contributed by atoms with Crippen molar-refractivity contribution in [3.8, 4) is 0 Å². The van der Waals surface area contributed by atoms with E-state index >= 15 is 0 Å². The maximum atomic E-state index is 10.5. The largest absolute Gasteiger partial charge is 1.00 e. The minimum Gasteiger partial charge on any atom is -0.768 e. The molecule has 0 radical (unpaired) electrons. The van der Waals surface area contributed by atoms with E-state index in [1.807, 2.05) is 0 Å². The van der Waals surface area contributed by atoms with Crippen LogP contribution >= 0.6 is 0 Å². The summed E-state index contributed by atoms with van der Waals surface area (Å²) in [6.45, 7) is 1.57. The van der Waals surface area contributed by atoms with E-state index in [0.717, 1.165) is 6.07 Å². The van der Waals surface area contributed by atoms with E-state index in [9.17, 15) is 18.7 Å². The molecule has 1 aromatic carbocycles. The van der Waals surface area contributed by atoms with Gasteiger partial charge < -0.3 is 14.5 Å². The maximum absolute atomic E-state index is 10.5. The molecule has 0 saturated heterocycles. The first-order valence-corrected chi connectivity index (χ1v) is 4.51. The standard InChI is InChI=1S/C8H8O4S.2Na/c1-5-2-3-6(13(11)12)4-7(5)8(9)10;;/h2-4H,1H3,(H,9,10)(H,11,12);;/q;2*+1/p-2. The first-order valence-electron chi connectivity index (χ1n) is 3.43. The molecular formula is C8H6Na2O4S. The SMILES string of the molecule is Cc1ccc(S(=O)[O-])cc1C(=O)[O-].[Na+].[Na+]. The van der Waals surface area contributed by atoms with Crippen molar-refractivity contribution in [2.75, 3.05) is 0 Å². The van der Waals surface area contributed by atoms with Crippen molar-refractivity contribution in [1.29, 1.82) is 0 Å². The molecule has 70 valence electrons. The van der Waals surface area contributed by atoms with Gasteiger partial charge in [0.1, 0.15) is 0 Å². The predicted molar refractivity (Wildman–Crippen MR) is 42.7 cm³/mol. The molecule has 0 N–H and O–H groups in total. The van der Waals surface area contributed by atoms with Crippen molar-refractivity contribution in [2.45, 2.75) is 11.8 Å². The van der Waals surface area contributed by atoms with Gasteiger partial charge in [0.2, 0.25) is 0 Å². The van der Waals surface area contributed by atoms with Crippen LogP contribution in [0.5, 0.6) is 0 Å². The molecule has 0 fully saturated rings. The zero-order valence-corrected chi connectivity index (χ0v) is 13.6. The fraction of sp³-hybridized carbons (Fsp3) is 0.125. The van der Waals surface area contributed by atoms with Gasteiger partial charge in [-0.05, 0) is 35.7 Å². The van der Waals surface area contributed by atoms with Gasteiger partial charge in [-0.2, -0.15) is 0 Å². The quantitative estimate of drug-likeness (QED) is 0.383. The van der Waals surface area contributed by atoms with Crippen molar-refractivity contribution >= 4 is 17.0 Å². The van der Waals surface area contributed by atoms with Crippen LogP contribution < -0.4 is 64.2 Å². The Balaban J connectivity index is 0. The molecule has 1 rings (SSSR count). The summed E-state index contributed by atoms with van der Waals surface area (Å²) in [5, 5.41) is 10.5. The van der Waals surface area contributed by atoms with Gasteiger partial charge in [-0.25, -0.2) is 0 Å². The Morgan fingerprint density at radius 1 is 1.33 bits per heavy atom. The van der Waals surface area contributed by atoms with Crippen molar-refractivity contribution in [2.24, 2.45) is 0 Å². The number of hydrogen-bond acceptors (Lipinski definition) is 4. The van der Waals surface area contributed by atoms with E-state index in [1.54, 1.807) is 6.92 Å². The van der Waals surface area contributed by atoms with Gasteiger partial charge in [-0.3, -0.25) is 4.21 Å². The molecule has 0 aliphatic heterocycles. The number of benzene rings is 1. The Labute approximate surface area is 134 Å². The Bertz CT molecular complexity index is 381. The van der Waals surface area contributed by atoms with Gasteiger partial charge in [0, 0.05) is 10.5 Å². The van der Waals surface area contributed by atoms with E-state index < -0.39 is 17.0 Å². The van der Waals surface area contributed by atoms with Crippen LogP contribution in [-0.4, -0.2) is 14.7 Å². The van der Waals surface area contributed by atoms with Crippen LogP contribution in [0.3, 0.4) is 0 Å². The fourth-order valence-electron chi connectivity index (χ4n) is 0.925. The number of hydrogen-bond donors (Lipinski definition) is 0. The third-order valence-corrected chi connectivity index (χ3v) is 2.26. The molecule has 1 atom stereocenters. The molecule has 0 saturated carbocycles. The van der Waals surface area contributed by atoms with Crippen molar-refractivity contribution in [1.82, 2.24) is 0 Å². The average Bonchev–Trinajstić information content (AvgIpc) is 2.04. The first-order chi connectivity index (χ1) is 6.02. The van der Waals surface area contributed by atoms with Gasteiger partial charge in [0.05, 0.1) is 5.97 Å². The molecule has 0 aliphatic carbocycles. The number of carbonyl (C=O) groups excluding carboxylic acids is 1. The zero-order valence-electron chi connectivity index (χ0n) is 8.77. The Kier molecular flexibility index (Phi) is 9.66. The summed E-state index contributed by atoms with van der Waals surface area (Å²) < 4.78 is 20.9. The van der Waals surface area contributed by atoms with E-state index in [0.29, 0.717) is 5.56 Å². The number of aromatic carboxylic acids is 1. The number of carboxylic acid groups (broad SMARTS) is 1. The molecular weight excluding hydrogens is 238 g/mol. The molecule has 0 aliphatic rings. The van der Waals surface area contributed by atoms with Gasteiger partial charge >= 0.3 is 59.1 Å². The first kappa shape index (κ1) is 18.2. The summed E-state index contributed by atoms with van der Waals surface area (Å²) >= 11 is -2.41. The van der Waals surface area contributed by atoms with E-state index in [2.05, 4.69) is 0 Å². The molecule has 15 heavy (non-hydrogen) atoms. The Morgan fingerprint density at radius 2 is 1.87 bits per heavy atom. The molecule has 0 heterocycles. The van der Waals surface area contributed by atoms with E-state index in [1.165, 1.54) is 12.1 Å². The minimum absolute atomic E-state index is 0. The molecule has 0 amide bonds. The van der Waals surface area contributed by atoms with E-state index in [4.69, 9.17) is 0 Å². The van der Waals surface area contributed by atoms with Gasteiger partial charge in [0.25, 0.3) is 0 Å². The average molecular weight is 244 g/mol. The molecule has 0 aromatic heterocycles. The summed E-state index contributed by atoms with van der Waals surface area (Å²) in [5.41, 5.74) is 0.385. The summed E-state index contributed by atoms with van der Waals surface area (Å²) in [6, 6.07) is 3.84. The summed E-state index contributed by atoms with van der Waals surface area (Å²) in [5.74, 6) is -1.37. The van der Waals surface area contributed by atoms with Crippen molar-refractivity contribution in [3.05, 3.63) is 29.3 Å². The second-order valence-corrected chi connectivity index (χ2v) is 3.44. The topological polar surface area (TPSA) is 80.3 Å². The molecule has 4 nitrogen and oxygen atoms in total. The van der Waals surface area contributed by atoms with Crippen LogP contribution in [0.4, 0.5) is 0 Å². The predicted octanol–water partition coefficient (Wildman–Crippen LogP) is -6.40. The van der Waals surface area contributed by atoms with Crippen LogP contribution in [0.25, 0.3) is 0 Å². The molecule has 1 unspecified atom stereocenters. The third kappa shape index (κ3) is 5.10. The number of carboxylic acids is 1. The van der Waals surface area contributed by atoms with Crippen molar-refractivity contribution < 1.29 is 77.8 Å². The molecule has 1 aromatic rings. The Morgan fingerprint density at radius 3 is 2.27 bits per heavy atom. The third-order valence-electron chi connectivity index (χ3n) is 1.62. The summed E-state index contributed by atoms with van der Waals surface area (Å²) in [6.07, 6.45) is 0. The summed E-state index contributed by atoms with van der Waals surface area (Å²) in [4.78, 5) is 10.4. The molecule has 7 heteroatoms. The fourth-order valence-corrected chi connectivity index (χ4v) is 1.32.